The number of ether oxygens (including phenoxy) is 1. The summed E-state index contributed by atoms with van der Waals surface area (Å²) in [4.78, 5) is 18.8. The van der Waals surface area contributed by atoms with Crippen LogP contribution in [0.25, 0.3) is 0 Å². The highest BCUT2D eigenvalue weighted by molar-refractivity contribution is 7.90. The molecule has 1 aliphatic heterocycles. The van der Waals surface area contributed by atoms with E-state index in [2.05, 4.69) is 4.98 Å². The van der Waals surface area contributed by atoms with Crippen LogP contribution in [0.1, 0.15) is 46.9 Å². The number of rotatable bonds is 9. The van der Waals surface area contributed by atoms with E-state index >= 15 is 0 Å². The molecule has 1 saturated heterocycles. The number of carbonyl (C=O) groups excluding carboxylic acids is 1. The first-order valence-corrected chi connectivity index (χ1v) is 13.6. The molecule has 2 heterocycles. The van der Waals surface area contributed by atoms with Gasteiger partial charge in [-0.2, -0.15) is 13.2 Å². The van der Waals surface area contributed by atoms with Crippen LogP contribution in [-0.2, 0) is 39.6 Å². The largest absolute Gasteiger partial charge is 0.416 e. The van der Waals surface area contributed by atoms with E-state index in [-0.39, 0.29) is 42.2 Å². The first kappa shape index (κ1) is 26.9. The minimum Gasteiger partial charge on any atom is -0.376 e. The van der Waals surface area contributed by atoms with Crippen molar-refractivity contribution in [3.05, 3.63) is 83.2 Å². The molecule has 1 unspecified atom stereocenters. The molecule has 37 heavy (non-hydrogen) atoms. The van der Waals surface area contributed by atoms with Crippen LogP contribution in [0.4, 0.5) is 13.2 Å². The lowest BCUT2D eigenvalue weighted by Crippen LogP contribution is -2.32. The summed E-state index contributed by atoms with van der Waals surface area (Å²) in [6.45, 7) is 2.91. The van der Waals surface area contributed by atoms with Crippen molar-refractivity contribution in [2.24, 2.45) is 0 Å². The number of sulfone groups is 1. The van der Waals surface area contributed by atoms with E-state index < -0.39 is 27.5 Å². The Labute approximate surface area is 213 Å². The molecule has 1 atom stereocenters. The maximum absolute atomic E-state index is 13.3. The molecule has 11 heteroatoms. The number of amides is 1. The number of nitrogens with zero attached hydrogens (tertiary/aromatic N) is 3. The van der Waals surface area contributed by atoms with Crippen molar-refractivity contribution < 1.29 is 31.1 Å². The van der Waals surface area contributed by atoms with Crippen LogP contribution in [0, 0.1) is 0 Å². The third kappa shape index (κ3) is 6.40. The molecule has 0 saturated carbocycles. The van der Waals surface area contributed by atoms with Crippen LogP contribution in [0.5, 0.6) is 0 Å². The Balaban J connectivity index is 1.61. The molecule has 1 fully saturated rings. The average Bonchev–Trinajstić information content (AvgIpc) is 3.53. The van der Waals surface area contributed by atoms with Gasteiger partial charge < -0.3 is 14.2 Å². The number of halogens is 3. The highest BCUT2D eigenvalue weighted by Crippen LogP contribution is 2.29. The van der Waals surface area contributed by atoms with Crippen molar-refractivity contribution in [3.63, 3.8) is 0 Å². The van der Waals surface area contributed by atoms with E-state index in [0.717, 1.165) is 37.1 Å². The van der Waals surface area contributed by atoms with E-state index in [0.29, 0.717) is 17.9 Å². The van der Waals surface area contributed by atoms with Gasteiger partial charge in [0.1, 0.15) is 0 Å². The molecule has 2 aromatic carbocycles. The fraction of sp³-hybridized carbons (Fsp3) is 0.385. The van der Waals surface area contributed by atoms with E-state index in [1.54, 1.807) is 41.8 Å². The van der Waals surface area contributed by atoms with Gasteiger partial charge in [-0.05, 0) is 49.6 Å². The molecular weight excluding hydrogens is 507 g/mol. The predicted molar refractivity (Wildman–Crippen MR) is 130 cm³/mol. The minimum absolute atomic E-state index is 0.0386. The van der Waals surface area contributed by atoms with Crippen LogP contribution < -0.4 is 0 Å². The molecule has 3 aromatic rings. The summed E-state index contributed by atoms with van der Waals surface area (Å²) in [5.74, 6) is -0.688. The SMILES string of the molecule is CCN(Cc1cnc(S(=O)(=O)Cc2ccccc2)n1CC1CCCO1)C(=O)c1ccc(C(F)(F)F)cc1. The molecular formula is C26H28F3N3O4S. The lowest BCUT2D eigenvalue weighted by atomic mass is 10.1. The Bertz CT molecular complexity index is 1320. The third-order valence-corrected chi connectivity index (χ3v) is 7.87. The molecule has 1 amide bonds. The van der Waals surface area contributed by atoms with Gasteiger partial charge in [0.15, 0.2) is 0 Å². The summed E-state index contributed by atoms with van der Waals surface area (Å²) in [5.41, 5.74) is 0.402. The zero-order chi connectivity index (χ0) is 26.6. The summed E-state index contributed by atoms with van der Waals surface area (Å²) in [7, 11) is -3.81. The highest BCUT2D eigenvalue weighted by Gasteiger charge is 2.31. The van der Waals surface area contributed by atoms with E-state index in [1.165, 1.54) is 11.1 Å². The van der Waals surface area contributed by atoms with Crippen molar-refractivity contribution in [1.29, 1.82) is 0 Å². The van der Waals surface area contributed by atoms with Crippen LogP contribution >= 0.6 is 0 Å². The standard InChI is InChI=1S/C26H28F3N3O4S/c1-2-31(24(33)20-10-12-21(13-11-20)26(27,28)29)16-22-15-30-25(32(22)17-23-9-6-14-36-23)37(34,35)18-19-7-4-3-5-8-19/h3-5,7-8,10-13,15,23H,2,6,9,14,16-18H2,1H3. The quantitative estimate of drug-likeness (QED) is 0.396. The predicted octanol–water partition coefficient (Wildman–Crippen LogP) is 4.72. The maximum Gasteiger partial charge on any atom is 0.416 e. The molecule has 4 rings (SSSR count). The molecule has 7 nitrogen and oxygen atoms in total. The van der Waals surface area contributed by atoms with Crippen LogP contribution in [0.3, 0.4) is 0 Å². The molecule has 1 aliphatic rings. The van der Waals surface area contributed by atoms with E-state index in [9.17, 15) is 26.4 Å². The lowest BCUT2D eigenvalue weighted by molar-refractivity contribution is -0.137. The molecule has 0 bridgehead atoms. The number of aromatic nitrogens is 2. The number of hydrogen-bond donors (Lipinski definition) is 0. The van der Waals surface area contributed by atoms with Gasteiger partial charge in [-0.1, -0.05) is 30.3 Å². The lowest BCUT2D eigenvalue weighted by Gasteiger charge is -2.23. The van der Waals surface area contributed by atoms with Crippen molar-refractivity contribution in [1.82, 2.24) is 14.5 Å². The monoisotopic (exact) mass is 535 g/mol. The van der Waals surface area contributed by atoms with Crippen LogP contribution in [0.2, 0.25) is 0 Å². The van der Waals surface area contributed by atoms with E-state index in [1.807, 2.05) is 0 Å². The first-order valence-electron chi connectivity index (χ1n) is 12.0. The second kappa shape index (κ2) is 11.1. The van der Waals surface area contributed by atoms with Gasteiger partial charge in [0.2, 0.25) is 15.0 Å². The normalized spacial score (nSPS) is 16.2. The van der Waals surface area contributed by atoms with Gasteiger partial charge in [0, 0.05) is 18.7 Å². The minimum atomic E-state index is -4.50. The van der Waals surface area contributed by atoms with Crippen molar-refractivity contribution in [2.45, 2.75) is 56.0 Å². The zero-order valence-electron chi connectivity index (χ0n) is 20.3. The van der Waals surface area contributed by atoms with E-state index in [4.69, 9.17) is 4.74 Å². The molecule has 198 valence electrons. The van der Waals surface area contributed by atoms with Crippen molar-refractivity contribution in [2.75, 3.05) is 13.2 Å². The second-order valence-corrected chi connectivity index (χ2v) is 10.8. The van der Waals surface area contributed by atoms with Crippen LogP contribution in [0.15, 0.2) is 66.0 Å². The number of alkyl halides is 3. The number of imidazole rings is 1. The summed E-state index contributed by atoms with van der Waals surface area (Å²) >= 11 is 0. The Morgan fingerprint density at radius 2 is 1.84 bits per heavy atom. The van der Waals surface area contributed by atoms with Gasteiger partial charge in [-0.25, -0.2) is 13.4 Å². The zero-order valence-corrected chi connectivity index (χ0v) is 21.1. The molecule has 0 radical (unpaired) electrons. The number of carbonyl (C=O) groups is 1. The Kier molecular flexibility index (Phi) is 8.03. The average molecular weight is 536 g/mol. The number of benzene rings is 2. The van der Waals surface area contributed by atoms with Crippen molar-refractivity contribution >= 4 is 15.7 Å². The number of hydrogen-bond acceptors (Lipinski definition) is 5. The Morgan fingerprint density at radius 3 is 2.43 bits per heavy atom. The highest BCUT2D eigenvalue weighted by atomic mass is 32.2. The molecule has 0 N–H and O–H groups in total. The van der Waals surface area contributed by atoms with Crippen molar-refractivity contribution in [3.8, 4) is 0 Å². The van der Waals surface area contributed by atoms with Gasteiger partial charge in [0.05, 0.1) is 42.4 Å². The summed E-state index contributed by atoms with van der Waals surface area (Å²) in [5, 5.41) is -0.0973. The fourth-order valence-electron chi connectivity index (χ4n) is 4.32. The first-order chi connectivity index (χ1) is 17.6. The smallest absolute Gasteiger partial charge is 0.376 e. The Hall–Kier alpha value is -3.18. The second-order valence-electron chi connectivity index (χ2n) is 8.92. The summed E-state index contributed by atoms with van der Waals surface area (Å²) < 4.78 is 72.8. The third-order valence-electron chi connectivity index (χ3n) is 6.27. The summed E-state index contributed by atoms with van der Waals surface area (Å²) in [6, 6.07) is 12.8. The van der Waals surface area contributed by atoms with Crippen LogP contribution in [-0.4, -0.2) is 48.0 Å². The Morgan fingerprint density at radius 1 is 1.14 bits per heavy atom. The molecule has 0 spiro atoms. The van der Waals surface area contributed by atoms with Gasteiger partial charge in [-0.15, -0.1) is 0 Å². The van der Waals surface area contributed by atoms with Gasteiger partial charge in [-0.3, -0.25) is 4.79 Å². The van der Waals surface area contributed by atoms with Gasteiger partial charge in [0.25, 0.3) is 5.91 Å². The molecule has 0 aliphatic carbocycles. The molecule has 1 aromatic heterocycles. The maximum atomic E-state index is 13.3. The van der Waals surface area contributed by atoms with Gasteiger partial charge >= 0.3 is 6.18 Å². The topological polar surface area (TPSA) is 81.5 Å². The summed E-state index contributed by atoms with van der Waals surface area (Å²) in [6.07, 6.45) is -1.59. The fourth-order valence-corrected chi connectivity index (χ4v) is 5.82.